The summed E-state index contributed by atoms with van der Waals surface area (Å²) in [7, 11) is 0. The van der Waals surface area contributed by atoms with Gasteiger partial charge in [-0.3, -0.25) is 14.9 Å². The maximum atomic E-state index is 10.9. The molecule has 1 aromatic carbocycles. The van der Waals surface area contributed by atoms with Crippen molar-refractivity contribution in [3.05, 3.63) is 46.0 Å². The van der Waals surface area contributed by atoms with Crippen LogP contribution in [0.5, 0.6) is 0 Å². The van der Waals surface area contributed by atoms with Crippen molar-refractivity contribution in [2.24, 2.45) is 0 Å². The van der Waals surface area contributed by atoms with Crippen LogP contribution in [0.4, 0.5) is 0 Å². The van der Waals surface area contributed by atoms with Gasteiger partial charge in [0.1, 0.15) is 0 Å². The molecule has 0 spiro atoms. The van der Waals surface area contributed by atoms with E-state index in [4.69, 9.17) is 0 Å². The molecule has 1 amide bonds. The molecule has 0 aliphatic rings. The van der Waals surface area contributed by atoms with Crippen molar-refractivity contribution in [1.29, 1.82) is 0 Å². The summed E-state index contributed by atoms with van der Waals surface area (Å²) in [5.74, 6) is -0.519. The summed E-state index contributed by atoms with van der Waals surface area (Å²) in [6, 6.07) is 10.1. The Morgan fingerprint density at radius 3 is 2.59 bits per heavy atom. The minimum Gasteiger partial charge on any atom is -0.350 e. The summed E-state index contributed by atoms with van der Waals surface area (Å²) >= 11 is 0. The van der Waals surface area contributed by atoms with E-state index in [1.54, 1.807) is 0 Å². The first-order valence-electron chi connectivity index (χ1n) is 5.61. The number of aryl methyl sites for hydroxylation is 1. The monoisotopic (exact) mass is 236 g/mol. The standard InChI is InChI=1S/C12H16N2O3/c15-12(10-14(16)17)13-9-5-4-8-11-6-2-1-3-7-11/h1-3,6-7H,4-5,8-10H2,(H,13,15). The SMILES string of the molecule is O=C(C[N+](=O)[O-])NCCCCc1ccccc1. The fourth-order valence-electron chi connectivity index (χ4n) is 1.50. The Morgan fingerprint density at radius 2 is 1.94 bits per heavy atom. The minimum atomic E-state index is -0.640. The second kappa shape index (κ2) is 7.38. The summed E-state index contributed by atoms with van der Waals surface area (Å²) in [5.41, 5.74) is 1.27. The number of benzene rings is 1. The van der Waals surface area contributed by atoms with E-state index in [1.165, 1.54) is 5.56 Å². The number of unbranched alkanes of at least 4 members (excludes halogenated alkanes) is 1. The molecule has 17 heavy (non-hydrogen) atoms. The maximum absolute atomic E-state index is 10.9. The van der Waals surface area contributed by atoms with Crippen molar-refractivity contribution in [3.63, 3.8) is 0 Å². The highest BCUT2D eigenvalue weighted by Gasteiger charge is 2.07. The maximum Gasteiger partial charge on any atom is 0.291 e. The van der Waals surface area contributed by atoms with Gasteiger partial charge in [-0.25, -0.2) is 0 Å². The highest BCUT2D eigenvalue weighted by atomic mass is 16.6. The van der Waals surface area contributed by atoms with Crippen LogP contribution in [0.15, 0.2) is 30.3 Å². The third-order valence-corrected chi connectivity index (χ3v) is 2.33. The van der Waals surface area contributed by atoms with Crippen molar-refractivity contribution < 1.29 is 9.72 Å². The lowest BCUT2D eigenvalue weighted by Gasteiger charge is -2.03. The zero-order valence-corrected chi connectivity index (χ0v) is 9.59. The lowest BCUT2D eigenvalue weighted by molar-refractivity contribution is -0.467. The number of carbonyl (C=O) groups is 1. The van der Waals surface area contributed by atoms with Crippen molar-refractivity contribution in [2.75, 3.05) is 13.1 Å². The fourth-order valence-corrected chi connectivity index (χ4v) is 1.50. The number of rotatable bonds is 7. The van der Waals surface area contributed by atoms with Gasteiger partial charge in [-0.2, -0.15) is 0 Å². The normalized spacial score (nSPS) is 9.88. The minimum absolute atomic E-state index is 0.500. The van der Waals surface area contributed by atoms with Crippen LogP contribution >= 0.6 is 0 Å². The molecule has 5 heteroatoms. The highest BCUT2D eigenvalue weighted by Crippen LogP contribution is 2.03. The number of hydrogen-bond donors (Lipinski definition) is 1. The van der Waals surface area contributed by atoms with Gasteiger partial charge in [-0.1, -0.05) is 30.3 Å². The van der Waals surface area contributed by atoms with Crippen LogP contribution in [0, 0.1) is 10.1 Å². The van der Waals surface area contributed by atoms with Gasteiger partial charge in [0, 0.05) is 11.5 Å². The molecule has 0 atom stereocenters. The van der Waals surface area contributed by atoms with Gasteiger partial charge in [0.25, 0.3) is 12.5 Å². The van der Waals surface area contributed by atoms with Crippen LogP contribution in [0.3, 0.4) is 0 Å². The molecule has 0 heterocycles. The van der Waals surface area contributed by atoms with E-state index in [9.17, 15) is 14.9 Å². The van der Waals surface area contributed by atoms with E-state index < -0.39 is 17.4 Å². The molecule has 0 aromatic heterocycles. The van der Waals surface area contributed by atoms with E-state index in [0.717, 1.165) is 19.3 Å². The van der Waals surface area contributed by atoms with Crippen LogP contribution < -0.4 is 5.32 Å². The smallest absolute Gasteiger partial charge is 0.291 e. The Kier molecular flexibility index (Phi) is 5.71. The highest BCUT2D eigenvalue weighted by molar-refractivity contribution is 5.76. The van der Waals surface area contributed by atoms with E-state index in [2.05, 4.69) is 17.4 Å². The van der Waals surface area contributed by atoms with E-state index in [-0.39, 0.29) is 0 Å². The van der Waals surface area contributed by atoms with Gasteiger partial charge < -0.3 is 5.32 Å². The van der Waals surface area contributed by atoms with E-state index >= 15 is 0 Å². The molecule has 1 rings (SSSR count). The largest absolute Gasteiger partial charge is 0.350 e. The molecule has 92 valence electrons. The number of carbonyl (C=O) groups excluding carboxylic acids is 1. The number of nitrogens with zero attached hydrogens (tertiary/aromatic N) is 1. The average Bonchev–Trinajstić information content (AvgIpc) is 2.29. The van der Waals surface area contributed by atoms with Crippen molar-refractivity contribution in [3.8, 4) is 0 Å². The fraction of sp³-hybridized carbons (Fsp3) is 0.417. The van der Waals surface area contributed by atoms with Gasteiger partial charge in [-0.05, 0) is 24.8 Å². The molecule has 0 aliphatic carbocycles. The van der Waals surface area contributed by atoms with Crippen LogP contribution in [0.1, 0.15) is 18.4 Å². The summed E-state index contributed by atoms with van der Waals surface area (Å²) in [4.78, 5) is 20.3. The van der Waals surface area contributed by atoms with Crippen LogP contribution in [0.2, 0.25) is 0 Å². The van der Waals surface area contributed by atoms with Crippen LogP contribution in [0.25, 0.3) is 0 Å². The summed E-state index contributed by atoms with van der Waals surface area (Å²) in [6.07, 6.45) is 2.76. The number of nitro groups is 1. The molecular formula is C12H16N2O3. The van der Waals surface area contributed by atoms with Gasteiger partial charge in [0.15, 0.2) is 0 Å². The van der Waals surface area contributed by atoms with Crippen LogP contribution in [-0.4, -0.2) is 23.9 Å². The quantitative estimate of drug-likeness (QED) is 0.442. The molecule has 0 aliphatic heterocycles. The average molecular weight is 236 g/mol. The molecule has 0 bridgehead atoms. The molecule has 1 aromatic rings. The Balaban J connectivity index is 2.05. The molecular weight excluding hydrogens is 220 g/mol. The lowest BCUT2D eigenvalue weighted by Crippen LogP contribution is -2.30. The zero-order chi connectivity index (χ0) is 12.5. The second-order valence-corrected chi connectivity index (χ2v) is 3.78. The summed E-state index contributed by atoms with van der Waals surface area (Å²) < 4.78 is 0. The molecule has 0 saturated heterocycles. The second-order valence-electron chi connectivity index (χ2n) is 3.78. The predicted octanol–water partition coefficient (Wildman–Crippen LogP) is 1.40. The van der Waals surface area contributed by atoms with Crippen LogP contribution in [-0.2, 0) is 11.2 Å². The Labute approximate surface area is 100.0 Å². The molecule has 0 unspecified atom stereocenters. The van der Waals surface area contributed by atoms with Gasteiger partial charge in [-0.15, -0.1) is 0 Å². The molecule has 0 saturated carbocycles. The van der Waals surface area contributed by atoms with Gasteiger partial charge >= 0.3 is 0 Å². The van der Waals surface area contributed by atoms with E-state index in [1.807, 2.05) is 18.2 Å². The van der Waals surface area contributed by atoms with Gasteiger partial charge in [0.05, 0.1) is 0 Å². The zero-order valence-electron chi connectivity index (χ0n) is 9.59. The molecule has 1 N–H and O–H groups in total. The molecule has 0 fully saturated rings. The Hall–Kier alpha value is -1.91. The first-order chi connectivity index (χ1) is 8.18. The molecule has 5 nitrogen and oxygen atoms in total. The van der Waals surface area contributed by atoms with Gasteiger partial charge in [0.2, 0.25) is 0 Å². The third kappa shape index (κ3) is 6.29. The topological polar surface area (TPSA) is 72.2 Å². The predicted molar refractivity (Wildman–Crippen MR) is 64.3 cm³/mol. The Morgan fingerprint density at radius 1 is 1.24 bits per heavy atom. The van der Waals surface area contributed by atoms with Crippen molar-refractivity contribution >= 4 is 5.91 Å². The third-order valence-electron chi connectivity index (χ3n) is 2.33. The molecule has 0 radical (unpaired) electrons. The van der Waals surface area contributed by atoms with Crippen molar-refractivity contribution in [1.82, 2.24) is 5.32 Å². The Bertz CT molecular complexity index is 365. The number of nitrogens with one attached hydrogen (secondary N) is 1. The lowest BCUT2D eigenvalue weighted by atomic mass is 10.1. The van der Waals surface area contributed by atoms with E-state index in [0.29, 0.717) is 6.54 Å². The number of hydrogen-bond acceptors (Lipinski definition) is 3. The first-order valence-corrected chi connectivity index (χ1v) is 5.61. The summed E-state index contributed by atoms with van der Waals surface area (Å²) in [6.45, 7) is -0.141. The first kappa shape index (κ1) is 13.2. The van der Waals surface area contributed by atoms with Crippen molar-refractivity contribution in [2.45, 2.75) is 19.3 Å². The summed E-state index contributed by atoms with van der Waals surface area (Å²) in [5, 5.41) is 12.5. The number of amides is 1.